The molecule has 0 radical (unpaired) electrons. The number of unbranched alkanes of at least 4 members (excludes halogenated alkanes) is 1. The van der Waals surface area contributed by atoms with E-state index in [9.17, 15) is 44.1 Å². The molecule has 3 aromatic rings. The molecule has 1 aliphatic heterocycles. The van der Waals surface area contributed by atoms with Gasteiger partial charge in [0.25, 0.3) is 11.5 Å². The molecule has 0 spiro atoms. The molecule has 1 amide bonds. The average molecular weight is 1130 g/mol. The zero-order valence-corrected chi connectivity index (χ0v) is 47.9. The summed E-state index contributed by atoms with van der Waals surface area (Å²) in [7, 11) is 1.79. The Bertz CT molecular complexity index is 3100. The molecule has 82 heavy (non-hydrogen) atoms. The van der Waals surface area contributed by atoms with Crippen molar-refractivity contribution in [2.75, 3.05) is 41.4 Å². The van der Waals surface area contributed by atoms with Gasteiger partial charge in [0.2, 0.25) is 5.95 Å². The largest absolute Gasteiger partial charge is 0.508 e. The second-order valence-corrected chi connectivity index (χ2v) is 24.8. The predicted octanol–water partition coefficient (Wildman–Crippen LogP) is 8.93. The number of nitrogens with zero attached hydrogens (tertiary/aromatic N) is 3. The lowest BCUT2D eigenvalue weighted by atomic mass is 9.54. The summed E-state index contributed by atoms with van der Waals surface area (Å²) in [6, 6.07) is 13.2. The number of allylic oxidation sites excluding steroid dienone is 4. The van der Waals surface area contributed by atoms with E-state index in [1.165, 1.54) is 53.7 Å². The van der Waals surface area contributed by atoms with Crippen molar-refractivity contribution in [1.29, 1.82) is 5.26 Å². The van der Waals surface area contributed by atoms with Gasteiger partial charge in [-0.2, -0.15) is 10.2 Å². The fourth-order valence-electron chi connectivity index (χ4n) is 15.7. The number of esters is 1. The molecule has 8 aliphatic rings. The van der Waals surface area contributed by atoms with E-state index in [-0.39, 0.29) is 71.1 Å². The van der Waals surface area contributed by atoms with Gasteiger partial charge in [0.05, 0.1) is 24.1 Å². The monoisotopic (exact) mass is 1130 g/mol. The van der Waals surface area contributed by atoms with Crippen molar-refractivity contribution < 1.29 is 49.1 Å². The number of anilines is 4. The van der Waals surface area contributed by atoms with Gasteiger partial charge in [-0.15, -0.1) is 0 Å². The number of aromatic hydroxyl groups is 1. The number of rotatable bonds is 14. The van der Waals surface area contributed by atoms with Crippen LogP contribution in [0.3, 0.4) is 0 Å². The van der Waals surface area contributed by atoms with Crippen molar-refractivity contribution in [2.24, 2.45) is 34.5 Å². The van der Waals surface area contributed by atoms with Crippen molar-refractivity contribution in [3.05, 3.63) is 92.3 Å². The maximum absolute atomic E-state index is 12.3. The van der Waals surface area contributed by atoms with E-state index in [0.717, 1.165) is 82.7 Å². The number of phenolic OH excluding ortho intramolecular Hbond substituents is 1. The standard InChI is InChI=1S/C23H32O3.C20H25N7O6.C20H25NO2/c1-3-4-5-22(25)26-21-11-10-20-19-8-6-15-14-16(24)7-9-17(15)18(19)12-13-23(20,21)2;1-27-12(9-23-16-15(27)18(31)26-20(21)25-16)8-22-11-4-2-10(3-5-11)17(30)24-13(19(32)33)6-7-14(28)29;1-19-8-6-16-15-5-3-14(22)12-13(15)2-4-17(16)18(19)7-9-20(19,23)10-11-21/h7,9,14,18-21,24H,3-6,8,10-13H2,1-2H3;2-5,12-13,22H,6-9H2,1H3,(H,24,30)(H,28,29)(H,32,33)(H4,21,23,25,26,31);12,17-18,23H,2-10H2,1H3/t18-,19-,20+,21+,23+;12-,13-;17-,18+,19+,20-/m101/s1. The van der Waals surface area contributed by atoms with Gasteiger partial charge in [0.15, 0.2) is 11.6 Å². The zero-order chi connectivity index (χ0) is 58.7. The Hall–Kier alpha value is -7.20. The van der Waals surface area contributed by atoms with Gasteiger partial charge in [-0.25, -0.2) is 4.79 Å². The minimum atomic E-state index is -1.30. The highest BCUT2D eigenvalue weighted by molar-refractivity contribution is 5.97. The number of amides is 1. The molecular weight excluding hydrogens is 1040 g/mol. The molecular formula is C63H82N8O11. The summed E-state index contributed by atoms with van der Waals surface area (Å²) >= 11 is 0. The van der Waals surface area contributed by atoms with E-state index < -0.39 is 29.5 Å². The second kappa shape index (κ2) is 24.7. The number of nitrogens with one attached hydrogen (secondary N) is 4. The number of nitrogens with two attached hydrogens (primary N) is 1. The van der Waals surface area contributed by atoms with Crippen molar-refractivity contribution in [2.45, 2.75) is 179 Å². The van der Waals surface area contributed by atoms with Gasteiger partial charge in [0, 0.05) is 61.5 Å². The molecule has 10 N–H and O–H groups in total. The normalized spacial score (nSPS) is 29.4. The average Bonchev–Trinajstić information content (AvgIpc) is 3.99. The number of aryl methyl sites for hydroxylation is 1. The first-order valence-electron chi connectivity index (χ1n) is 29.7. The molecule has 19 heteroatoms. The highest BCUT2D eigenvalue weighted by Crippen LogP contribution is 2.65. The lowest BCUT2D eigenvalue weighted by Gasteiger charge is -2.51. The molecule has 4 fully saturated rings. The third-order valence-corrected chi connectivity index (χ3v) is 20.3. The van der Waals surface area contributed by atoms with E-state index in [1.54, 1.807) is 24.8 Å². The highest BCUT2D eigenvalue weighted by Gasteiger charge is 2.61. The third kappa shape index (κ3) is 12.1. The molecule has 2 heterocycles. The number of hydrogen-bond donors (Lipinski definition) is 9. The van der Waals surface area contributed by atoms with Gasteiger partial charge in [-0.1, -0.05) is 38.8 Å². The molecule has 11 atom stereocenters. The number of aromatic nitrogens is 2. The molecule has 1 aromatic heterocycles. The van der Waals surface area contributed by atoms with Crippen LogP contribution in [-0.2, 0) is 30.3 Å². The zero-order valence-electron chi connectivity index (χ0n) is 47.9. The molecule has 2 aromatic carbocycles. The Balaban J connectivity index is 0.000000151. The Kier molecular flexibility index (Phi) is 17.9. The van der Waals surface area contributed by atoms with E-state index in [0.29, 0.717) is 72.8 Å². The van der Waals surface area contributed by atoms with Crippen LogP contribution in [0.15, 0.2) is 70.1 Å². The van der Waals surface area contributed by atoms with Gasteiger partial charge in [-0.05, 0) is 191 Å². The van der Waals surface area contributed by atoms with Crippen molar-refractivity contribution >= 4 is 52.7 Å². The smallest absolute Gasteiger partial charge is 0.326 e. The maximum atomic E-state index is 12.3. The second-order valence-electron chi connectivity index (χ2n) is 24.8. The van der Waals surface area contributed by atoms with Crippen LogP contribution < -0.4 is 32.1 Å². The molecule has 0 bridgehead atoms. The van der Waals surface area contributed by atoms with Gasteiger partial charge in [0.1, 0.15) is 23.6 Å². The fourth-order valence-corrected chi connectivity index (χ4v) is 15.7. The molecule has 440 valence electrons. The summed E-state index contributed by atoms with van der Waals surface area (Å²) in [5.41, 5.74) is 13.0. The number of fused-ring (bicyclic) bond motifs is 10. The van der Waals surface area contributed by atoms with Gasteiger partial charge in [-0.3, -0.25) is 29.0 Å². The van der Waals surface area contributed by atoms with Crippen LogP contribution in [0.2, 0.25) is 0 Å². The number of carboxylic acids is 2. The minimum Gasteiger partial charge on any atom is -0.508 e. The van der Waals surface area contributed by atoms with Gasteiger partial charge < -0.3 is 51.7 Å². The molecule has 0 saturated heterocycles. The number of nitrogen functional groups attached to an aromatic ring is 1. The molecule has 0 unspecified atom stereocenters. The van der Waals surface area contributed by atoms with Crippen molar-refractivity contribution in [3.63, 3.8) is 0 Å². The SMILES string of the molecule is CCCCC(=O)O[C@H]1CC[C@H]2[C@@H]3CCc4cc(O)ccc4[C@H]3CC[C@]12C.CN1c2c(nc(N)[nH]c2=O)NC[C@@H]1CNc1ccc(C(=O)N[C@@H](CCC(=O)O)C(=O)O)cc1.C[C@]12CCC3=C4CCC(=O)C=C4CC[C@H]3[C@@H]1CC[C@@]2(O)CC#N. The number of H-pyrrole nitrogens is 1. The highest BCUT2D eigenvalue weighted by atomic mass is 16.5. The number of hydrogen-bond acceptors (Lipinski definition) is 15. The molecule has 19 nitrogen and oxygen atoms in total. The summed E-state index contributed by atoms with van der Waals surface area (Å²) in [6.07, 6.45) is 18.5. The lowest BCUT2D eigenvalue weighted by Crippen LogP contribution is -2.49. The van der Waals surface area contributed by atoms with Gasteiger partial charge >= 0.3 is 17.9 Å². The van der Waals surface area contributed by atoms with Crippen molar-refractivity contribution in [3.8, 4) is 11.8 Å². The summed E-state index contributed by atoms with van der Waals surface area (Å²) in [4.78, 5) is 78.8. The van der Waals surface area contributed by atoms with Crippen LogP contribution in [-0.4, -0.2) is 104 Å². The number of carbonyl (C=O) groups excluding carboxylic acids is 3. The number of carboxylic acid groups (broad SMARTS) is 2. The first-order valence-corrected chi connectivity index (χ1v) is 29.7. The van der Waals surface area contributed by atoms with Crippen LogP contribution in [0.5, 0.6) is 5.75 Å². The number of aliphatic hydroxyl groups is 1. The fraction of sp³-hybridized carbons (Fsp3) is 0.587. The number of aliphatic carboxylic acids is 2. The predicted molar refractivity (Wildman–Crippen MR) is 310 cm³/mol. The van der Waals surface area contributed by atoms with Crippen LogP contribution in [0.4, 0.5) is 23.1 Å². The first-order chi connectivity index (χ1) is 39.2. The summed E-state index contributed by atoms with van der Waals surface area (Å²) in [6.45, 7) is 7.72. The van der Waals surface area contributed by atoms with Crippen molar-refractivity contribution in [1.82, 2.24) is 15.3 Å². The number of aromatic amines is 1. The van der Waals surface area contributed by atoms with E-state index >= 15 is 0 Å². The number of likely N-dealkylation sites (N-methyl/N-ethyl adjacent to an activating group) is 1. The summed E-state index contributed by atoms with van der Waals surface area (Å²) in [5, 5.41) is 56.6. The molecule has 4 saturated carbocycles. The Morgan fingerprint density at radius 1 is 0.927 bits per heavy atom. The number of carbonyl (C=O) groups is 5. The number of ether oxygens (including phenoxy) is 1. The quantitative estimate of drug-likeness (QED) is 0.0680. The Morgan fingerprint density at radius 3 is 2.44 bits per heavy atom. The number of nitriles is 1. The Labute approximate surface area is 479 Å². The topological polar surface area (TPSA) is 310 Å². The van der Waals surface area contributed by atoms with E-state index in [1.807, 2.05) is 23.1 Å². The Morgan fingerprint density at radius 2 is 1.71 bits per heavy atom. The number of phenols is 1. The van der Waals surface area contributed by atoms with E-state index in [4.69, 9.17) is 20.8 Å². The number of benzene rings is 2. The van der Waals surface area contributed by atoms with E-state index in [2.05, 4.69) is 58.8 Å². The summed E-state index contributed by atoms with van der Waals surface area (Å²) in [5.74, 6) is 1.12. The molecule has 7 aliphatic carbocycles. The number of ketones is 1. The van der Waals surface area contributed by atoms with Crippen LogP contribution in [0.1, 0.15) is 170 Å². The van der Waals surface area contributed by atoms with Crippen LogP contribution in [0, 0.1) is 45.8 Å². The molecule has 11 rings (SSSR count). The summed E-state index contributed by atoms with van der Waals surface area (Å²) < 4.78 is 5.98. The van der Waals surface area contributed by atoms with Crippen LogP contribution >= 0.6 is 0 Å². The maximum Gasteiger partial charge on any atom is 0.326 e. The first kappa shape index (κ1) is 59.4. The van der Waals surface area contributed by atoms with Crippen LogP contribution in [0.25, 0.3) is 0 Å². The lowest BCUT2D eigenvalue weighted by molar-refractivity contribution is -0.157. The minimum absolute atomic E-state index is 0.00492. The third-order valence-electron chi connectivity index (χ3n) is 20.3.